The van der Waals surface area contributed by atoms with Gasteiger partial charge in [0.2, 0.25) is 0 Å². The van der Waals surface area contributed by atoms with Crippen molar-refractivity contribution in [1.29, 1.82) is 0 Å². The second-order valence-corrected chi connectivity index (χ2v) is 14.6. The molecule has 0 saturated heterocycles. The van der Waals surface area contributed by atoms with E-state index in [0.29, 0.717) is 48.1 Å². The zero-order valence-corrected chi connectivity index (χ0v) is 26.3. The van der Waals surface area contributed by atoms with Crippen molar-refractivity contribution in [2.24, 2.45) is 16.3 Å². The van der Waals surface area contributed by atoms with Crippen LogP contribution < -0.4 is 14.8 Å². The minimum atomic E-state index is -3.94. The van der Waals surface area contributed by atoms with Crippen molar-refractivity contribution in [2.75, 3.05) is 13.1 Å². The first-order chi connectivity index (χ1) is 17.8. The predicted molar refractivity (Wildman–Crippen MR) is 159 cm³/mol. The van der Waals surface area contributed by atoms with Crippen LogP contribution in [-0.4, -0.2) is 48.8 Å². The average molecular weight is 578 g/mol. The lowest BCUT2D eigenvalue weighted by Crippen LogP contribution is -2.40. The topological polar surface area (TPSA) is 117 Å². The number of thiocarbonyl (C=S) groups is 1. The van der Waals surface area contributed by atoms with Crippen molar-refractivity contribution >= 4 is 38.8 Å². The molecule has 0 spiro atoms. The van der Waals surface area contributed by atoms with E-state index in [1.165, 1.54) is 0 Å². The number of ketones is 1. The second-order valence-electron chi connectivity index (χ2n) is 12.6. The predicted octanol–water partition coefficient (Wildman–Crippen LogP) is 5.17. The van der Waals surface area contributed by atoms with E-state index in [1.807, 2.05) is 55.4 Å². The fourth-order valence-electron chi connectivity index (χ4n) is 5.47. The van der Waals surface area contributed by atoms with E-state index in [4.69, 9.17) is 17.0 Å². The quantitative estimate of drug-likeness (QED) is 0.222. The summed E-state index contributed by atoms with van der Waals surface area (Å²) in [6.07, 6.45) is 1.97. The Kier molecular flexibility index (Phi) is 8.92. The molecule has 8 nitrogen and oxygen atoms in total. The number of Topliss-reactive ketones (excluding diaryl/α,β-unsaturated/α-hetero) is 1. The van der Waals surface area contributed by atoms with Gasteiger partial charge in [0, 0.05) is 37.1 Å². The number of aliphatic hydroxyl groups is 1. The van der Waals surface area contributed by atoms with Crippen molar-refractivity contribution < 1.29 is 23.1 Å². The Morgan fingerprint density at radius 3 is 2.31 bits per heavy atom. The zero-order valence-electron chi connectivity index (χ0n) is 24.7. The highest BCUT2D eigenvalue weighted by molar-refractivity contribution is 7.92. The van der Waals surface area contributed by atoms with Crippen LogP contribution in [0.15, 0.2) is 21.2 Å². The minimum Gasteiger partial charge on any atom is -0.511 e. The maximum atomic E-state index is 13.4. The van der Waals surface area contributed by atoms with Gasteiger partial charge < -0.3 is 15.2 Å². The third-order valence-electron chi connectivity index (χ3n) is 7.23. The standard InChI is InChI=1S/C29H43N3O5S2/c1-16(2)12-21(24-22(33)14-28(6,7)15-23(24)34)30-10-11-31-27(38)32-39(35,36)26-18(4)17(3)25-20(19(26)5)13-29(8,9)37-25/h16,33H,10-15H2,1-9H3,(H2,31,32,38). The number of nitrogens with one attached hydrogen (secondary N) is 2. The first kappa shape index (κ1) is 31.1. The molecule has 0 bridgehead atoms. The summed E-state index contributed by atoms with van der Waals surface area (Å²) in [5.41, 5.74) is 3.27. The van der Waals surface area contributed by atoms with E-state index in [2.05, 4.69) is 15.0 Å². The van der Waals surface area contributed by atoms with Crippen molar-refractivity contribution in [3.63, 3.8) is 0 Å². The van der Waals surface area contributed by atoms with Gasteiger partial charge in [0.15, 0.2) is 10.9 Å². The number of rotatable bonds is 8. The summed E-state index contributed by atoms with van der Waals surface area (Å²) in [5.74, 6) is 1.01. The summed E-state index contributed by atoms with van der Waals surface area (Å²) in [6, 6.07) is 0. The molecule has 1 heterocycles. The van der Waals surface area contributed by atoms with Crippen molar-refractivity contribution in [3.05, 3.63) is 33.6 Å². The molecule has 1 aromatic carbocycles. The fourth-order valence-corrected chi connectivity index (χ4v) is 7.40. The number of aliphatic imine (C=N–C) groups is 1. The molecule has 1 aromatic rings. The van der Waals surface area contributed by atoms with Crippen molar-refractivity contribution in [3.8, 4) is 5.75 Å². The van der Waals surface area contributed by atoms with E-state index in [1.54, 1.807) is 6.92 Å². The molecule has 2 aliphatic rings. The van der Waals surface area contributed by atoms with Crippen LogP contribution in [0.2, 0.25) is 0 Å². The molecule has 0 saturated carbocycles. The normalized spacial score (nSPS) is 18.7. The third kappa shape index (κ3) is 7.01. The Balaban J connectivity index is 1.73. The first-order valence-corrected chi connectivity index (χ1v) is 15.4. The van der Waals surface area contributed by atoms with Gasteiger partial charge in [-0.2, -0.15) is 0 Å². The molecule has 0 amide bonds. The van der Waals surface area contributed by atoms with Gasteiger partial charge in [0.25, 0.3) is 10.0 Å². The van der Waals surface area contributed by atoms with Crippen LogP contribution in [0, 0.1) is 32.1 Å². The summed E-state index contributed by atoms with van der Waals surface area (Å²) >= 11 is 5.32. The Morgan fingerprint density at radius 2 is 1.72 bits per heavy atom. The highest BCUT2D eigenvalue weighted by Crippen LogP contribution is 2.43. The summed E-state index contributed by atoms with van der Waals surface area (Å²) in [4.78, 5) is 17.7. The molecular weight excluding hydrogens is 534 g/mol. The monoisotopic (exact) mass is 577 g/mol. The molecule has 0 fully saturated rings. The summed E-state index contributed by atoms with van der Waals surface area (Å²) < 4.78 is 35.4. The van der Waals surface area contributed by atoms with Crippen LogP contribution in [0.25, 0.3) is 0 Å². The van der Waals surface area contributed by atoms with Crippen LogP contribution in [0.4, 0.5) is 0 Å². The van der Waals surface area contributed by atoms with Crippen LogP contribution in [0.5, 0.6) is 5.75 Å². The molecular formula is C29H43N3O5S2. The lowest BCUT2D eigenvalue weighted by molar-refractivity contribution is -0.118. The summed E-state index contributed by atoms with van der Waals surface area (Å²) in [6.45, 7) is 18.0. The molecule has 0 aromatic heterocycles. The number of nitrogens with zero attached hydrogens (tertiary/aromatic N) is 1. The maximum absolute atomic E-state index is 13.4. The molecule has 216 valence electrons. The van der Waals surface area contributed by atoms with E-state index >= 15 is 0 Å². The summed E-state index contributed by atoms with van der Waals surface area (Å²) in [7, 11) is -3.94. The Labute approximate surface area is 238 Å². The Bertz CT molecular complexity index is 1360. The molecule has 39 heavy (non-hydrogen) atoms. The van der Waals surface area contributed by atoms with E-state index in [0.717, 1.165) is 16.9 Å². The van der Waals surface area contributed by atoms with Gasteiger partial charge in [-0.1, -0.05) is 27.7 Å². The van der Waals surface area contributed by atoms with Gasteiger partial charge in [0.05, 0.1) is 17.0 Å². The maximum Gasteiger partial charge on any atom is 0.264 e. The van der Waals surface area contributed by atoms with E-state index < -0.39 is 15.6 Å². The largest absolute Gasteiger partial charge is 0.511 e. The first-order valence-electron chi connectivity index (χ1n) is 13.5. The van der Waals surface area contributed by atoms with Gasteiger partial charge in [-0.05, 0) is 81.3 Å². The van der Waals surface area contributed by atoms with Gasteiger partial charge >= 0.3 is 0 Å². The number of carbonyl (C=O) groups is 1. The lowest BCUT2D eigenvalue weighted by Gasteiger charge is -2.30. The highest BCUT2D eigenvalue weighted by Gasteiger charge is 2.37. The molecule has 0 atom stereocenters. The number of aliphatic hydroxyl groups excluding tert-OH is 1. The molecule has 1 aliphatic carbocycles. The smallest absolute Gasteiger partial charge is 0.264 e. The molecule has 0 unspecified atom stereocenters. The number of fused-ring (bicyclic) bond motifs is 1. The molecule has 3 rings (SSSR count). The number of allylic oxidation sites excluding steroid dienone is 2. The van der Waals surface area contributed by atoms with E-state index in [9.17, 15) is 18.3 Å². The number of benzene rings is 1. The van der Waals surface area contributed by atoms with E-state index in [-0.39, 0.29) is 46.0 Å². The van der Waals surface area contributed by atoms with Crippen LogP contribution in [-0.2, 0) is 21.2 Å². The number of carbonyl (C=O) groups excluding carboxylic acids is 1. The van der Waals surface area contributed by atoms with Gasteiger partial charge in [-0.25, -0.2) is 8.42 Å². The average Bonchev–Trinajstić information content (AvgIpc) is 3.08. The molecule has 3 N–H and O–H groups in total. The summed E-state index contributed by atoms with van der Waals surface area (Å²) in [5, 5.41) is 13.5. The fraction of sp³-hybridized carbons (Fsp3) is 0.621. The molecule has 1 aliphatic heterocycles. The Hall–Kier alpha value is -2.46. The lowest BCUT2D eigenvalue weighted by atomic mass is 9.75. The molecule has 0 radical (unpaired) electrons. The minimum absolute atomic E-state index is 0.0262. The second kappa shape index (κ2) is 11.2. The Morgan fingerprint density at radius 1 is 1.08 bits per heavy atom. The SMILES string of the molecule is Cc1c(C)c(S(=O)(=O)NC(=S)NCCN=C(CC(C)C)C2=C(O)CC(C)(C)CC2=O)c(C)c2c1OC(C)(C)C2. The number of sulfonamides is 1. The number of ether oxygens (including phenoxy) is 1. The van der Waals surface area contributed by atoms with Crippen LogP contribution >= 0.6 is 12.2 Å². The highest BCUT2D eigenvalue weighted by atomic mass is 32.2. The van der Waals surface area contributed by atoms with Gasteiger partial charge in [-0.15, -0.1) is 0 Å². The van der Waals surface area contributed by atoms with Crippen LogP contribution in [0.3, 0.4) is 0 Å². The zero-order chi connectivity index (χ0) is 29.5. The number of hydrogen-bond donors (Lipinski definition) is 3. The van der Waals surface area contributed by atoms with Crippen molar-refractivity contribution in [1.82, 2.24) is 10.0 Å². The van der Waals surface area contributed by atoms with Crippen molar-refractivity contribution in [2.45, 2.75) is 98.5 Å². The van der Waals surface area contributed by atoms with Gasteiger partial charge in [0.1, 0.15) is 17.1 Å². The van der Waals surface area contributed by atoms with Gasteiger partial charge in [-0.3, -0.25) is 14.5 Å². The van der Waals surface area contributed by atoms with Crippen LogP contribution in [0.1, 0.15) is 83.1 Å². The third-order valence-corrected chi connectivity index (χ3v) is 9.23. The number of hydrogen-bond acceptors (Lipinski definition) is 7. The molecule has 10 heteroatoms.